The largest absolute Gasteiger partial charge is 0.388 e. The molecule has 0 saturated heterocycles. The van der Waals surface area contributed by atoms with E-state index in [-0.39, 0.29) is 16.0 Å². The molecule has 2 N–H and O–H groups in total. The van der Waals surface area contributed by atoms with Gasteiger partial charge in [-0.05, 0) is 26.0 Å². The van der Waals surface area contributed by atoms with Gasteiger partial charge >= 0.3 is 0 Å². The van der Waals surface area contributed by atoms with E-state index in [0.717, 1.165) is 0 Å². The average Bonchev–Trinajstić information content (AvgIpc) is 2.62. The second-order valence-corrected chi connectivity index (χ2v) is 6.98. The Morgan fingerprint density at radius 3 is 2.69 bits per heavy atom. The molecule has 0 aromatic carbocycles. The Balaban J connectivity index is 2.76. The lowest BCUT2D eigenvalue weighted by Crippen LogP contribution is -2.23. The summed E-state index contributed by atoms with van der Waals surface area (Å²) in [5, 5.41) is -0.351. The van der Waals surface area contributed by atoms with Gasteiger partial charge in [-0.25, -0.2) is 8.42 Å². The van der Waals surface area contributed by atoms with Crippen LogP contribution in [0.1, 0.15) is 19.5 Å². The maximum Gasteiger partial charge on any atom is 0.154 e. The van der Waals surface area contributed by atoms with Gasteiger partial charge < -0.3 is 10.3 Å². The van der Waals surface area contributed by atoms with E-state index in [0.29, 0.717) is 12.2 Å². The zero-order valence-electron chi connectivity index (χ0n) is 9.38. The summed E-state index contributed by atoms with van der Waals surface area (Å²) in [5.74, 6) is 0.106. The molecule has 16 heavy (non-hydrogen) atoms. The Hall–Kier alpha value is -0.880. The lowest BCUT2D eigenvalue weighted by Gasteiger charge is -2.10. The van der Waals surface area contributed by atoms with Crippen LogP contribution >= 0.6 is 12.2 Å². The number of thiocarbonyl (C=S) groups is 1. The van der Waals surface area contributed by atoms with Gasteiger partial charge in [0, 0.05) is 12.7 Å². The molecule has 0 spiro atoms. The first-order valence-corrected chi connectivity index (χ1v) is 7.13. The van der Waals surface area contributed by atoms with Crippen LogP contribution in [0.2, 0.25) is 0 Å². The SMILES string of the molecule is CC(C)S(=O)(=O)CCn1cccc1C(N)=S. The van der Waals surface area contributed by atoms with Gasteiger partial charge in [0.2, 0.25) is 0 Å². The molecule has 4 nitrogen and oxygen atoms in total. The molecule has 0 saturated carbocycles. The molecule has 90 valence electrons. The van der Waals surface area contributed by atoms with Crippen LogP contribution in [-0.2, 0) is 16.4 Å². The van der Waals surface area contributed by atoms with Crippen LogP contribution in [0.3, 0.4) is 0 Å². The van der Waals surface area contributed by atoms with Crippen molar-refractivity contribution in [2.45, 2.75) is 25.6 Å². The van der Waals surface area contributed by atoms with Crippen LogP contribution in [0.4, 0.5) is 0 Å². The van der Waals surface area contributed by atoms with Crippen LogP contribution in [0, 0.1) is 0 Å². The Kier molecular flexibility index (Phi) is 4.09. The lowest BCUT2D eigenvalue weighted by molar-refractivity contribution is 0.580. The van der Waals surface area contributed by atoms with E-state index in [9.17, 15) is 8.42 Å². The van der Waals surface area contributed by atoms with Crippen molar-refractivity contribution in [3.63, 3.8) is 0 Å². The third-order valence-electron chi connectivity index (χ3n) is 2.42. The quantitative estimate of drug-likeness (QED) is 0.800. The molecular formula is C10H16N2O2S2. The third-order valence-corrected chi connectivity index (χ3v) is 4.81. The smallest absolute Gasteiger partial charge is 0.154 e. The second-order valence-electron chi connectivity index (χ2n) is 3.87. The number of nitrogens with zero attached hydrogens (tertiary/aromatic N) is 1. The maximum atomic E-state index is 11.6. The molecule has 0 aliphatic carbocycles. The minimum Gasteiger partial charge on any atom is -0.388 e. The molecule has 1 aromatic heterocycles. The number of nitrogens with two attached hydrogens (primary N) is 1. The third kappa shape index (κ3) is 3.05. The van der Waals surface area contributed by atoms with Crippen molar-refractivity contribution in [3.8, 4) is 0 Å². The molecule has 0 radical (unpaired) electrons. The summed E-state index contributed by atoms with van der Waals surface area (Å²) in [6.07, 6.45) is 1.78. The Labute approximate surface area is 101 Å². The molecule has 0 bridgehead atoms. The fraction of sp³-hybridized carbons (Fsp3) is 0.500. The summed E-state index contributed by atoms with van der Waals surface area (Å²) < 4.78 is 25.0. The van der Waals surface area contributed by atoms with Crippen LogP contribution < -0.4 is 5.73 Å². The number of sulfone groups is 1. The predicted octanol–water partition coefficient (Wildman–Crippen LogP) is 0.946. The second kappa shape index (κ2) is 4.97. The predicted molar refractivity (Wildman–Crippen MR) is 69.2 cm³/mol. The van der Waals surface area contributed by atoms with E-state index in [1.807, 2.05) is 0 Å². The number of aryl methyl sites for hydroxylation is 1. The molecule has 1 aromatic rings. The normalized spacial score (nSPS) is 11.9. The molecular weight excluding hydrogens is 244 g/mol. The zero-order chi connectivity index (χ0) is 12.3. The van der Waals surface area contributed by atoms with Gasteiger partial charge in [-0.2, -0.15) is 0 Å². The van der Waals surface area contributed by atoms with Crippen molar-refractivity contribution in [2.24, 2.45) is 5.73 Å². The van der Waals surface area contributed by atoms with E-state index in [1.54, 1.807) is 36.7 Å². The summed E-state index contributed by atoms with van der Waals surface area (Å²) in [7, 11) is -3.02. The highest BCUT2D eigenvalue weighted by Crippen LogP contribution is 2.06. The molecule has 0 aliphatic rings. The first-order chi connectivity index (χ1) is 7.34. The number of rotatable bonds is 5. The monoisotopic (exact) mass is 260 g/mol. The van der Waals surface area contributed by atoms with Gasteiger partial charge in [0.25, 0.3) is 0 Å². The summed E-state index contributed by atoms with van der Waals surface area (Å²) in [5.41, 5.74) is 6.22. The van der Waals surface area contributed by atoms with Gasteiger partial charge in [0.1, 0.15) is 4.99 Å². The number of aromatic nitrogens is 1. The molecule has 1 heterocycles. The summed E-state index contributed by atoms with van der Waals surface area (Å²) in [6.45, 7) is 3.75. The minimum atomic E-state index is -3.02. The minimum absolute atomic E-state index is 0.106. The van der Waals surface area contributed by atoms with Crippen molar-refractivity contribution in [1.82, 2.24) is 4.57 Å². The van der Waals surface area contributed by atoms with Gasteiger partial charge in [-0.3, -0.25) is 0 Å². The number of hydrogen-bond acceptors (Lipinski definition) is 3. The van der Waals surface area contributed by atoms with Crippen LogP contribution in [-0.4, -0.2) is 29.0 Å². The Morgan fingerprint density at radius 2 is 2.19 bits per heavy atom. The summed E-state index contributed by atoms with van der Waals surface area (Å²) in [4.78, 5) is 0.284. The van der Waals surface area contributed by atoms with Crippen molar-refractivity contribution < 1.29 is 8.42 Å². The molecule has 1 rings (SSSR count). The number of hydrogen-bond donors (Lipinski definition) is 1. The topological polar surface area (TPSA) is 65.1 Å². The Bertz CT molecular complexity index is 475. The van der Waals surface area contributed by atoms with E-state index < -0.39 is 9.84 Å². The highest BCUT2D eigenvalue weighted by atomic mass is 32.2. The maximum absolute atomic E-state index is 11.6. The molecule has 0 aliphatic heterocycles. The standard InChI is InChI=1S/C10H16N2O2S2/c1-8(2)16(13,14)7-6-12-5-3-4-9(12)10(11)15/h3-5,8H,6-7H2,1-2H3,(H2,11,15). The van der Waals surface area contributed by atoms with Crippen LogP contribution in [0.15, 0.2) is 18.3 Å². The van der Waals surface area contributed by atoms with Crippen molar-refractivity contribution >= 4 is 27.0 Å². The first-order valence-electron chi connectivity index (χ1n) is 5.01. The zero-order valence-corrected chi connectivity index (χ0v) is 11.0. The highest BCUT2D eigenvalue weighted by molar-refractivity contribution is 7.91. The van der Waals surface area contributed by atoms with Gasteiger partial charge in [0.05, 0.1) is 16.7 Å². The van der Waals surface area contributed by atoms with Gasteiger partial charge in [-0.15, -0.1) is 0 Å². The Morgan fingerprint density at radius 1 is 1.56 bits per heavy atom. The summed E-state index contributed by atoms with van der Waals surface area (Å²) in [6, 6.07) is 3.58. The first kappa shape index (κ1) is 13.2. The van der Waals surface area contributed by atoms with Gasteiger partial charge in [0.15, 0.2) is 9.84 Å². The molecule has 0 fully saturated rings. The fourth-order valence-corrected chi connectivity index (χ4v) is 2.40. The van der Waals surface area contributed by atoms with E-state index >= 15 is 0 Å². The van der Waals surface area contributed by atoms with Crippen molar-refractivity contribution in [3.05, 3.63) is 24.0 Å². The van der Waals surface area contributed by atoms with Gasteiger partial charge in [-0.1, -0.05) is 12.2 Å². The highest BCUT2D eigenvalue weighted by Gasteiger charge is 2.16. The van der Waals surface area contributed by atoms with Crippen molar-refractivity contribution in [2.75, 3.05) is 5.75 Å². The fourth-order valence-electron chi connectivity index (χ4n) is 1.29. The van der Waals surface area contributed by atoms with E-state index in [1.165, 1.54) is 0 Å². The van der Waals surface area contributed by atoms with E-state index in [4.69, 9.17) is 18.0 Å². The van der Waals surface area contributed by atoms with Crippen molar-refractivity contribution in [1.29, 1.82) is 0 Å². The van der Waals surface area contributed by atoms with Crippen LogP contribution in [0.5, 0.6) is 0 Å². The molecule has 6 heteroatoms. The average molecular weight is 260 g/mol. The summed E-state index contributed by atoms with van der Waals surface area (Å²) >= 11 is 4.87. The van der Waals surface area contributed by atoms with Crippen LogP contribution in [0.25, 0.3) is 0 Å². The molecule has 0 amide bonds. The lowest BCUT2D eigenvalue weighted by atomic mass is 10.4. The van der Waals surface area contributed by atoms with E-state index in [2.05, 4.69) is 0 Å². The molecule has 0 atom stereocenters. The molecule has 0 unspecified atom stereocenters.